The summed E-state index contributed by atoms with van der Waals surface area (Å²) in [6.07, 6.45) is 2.41. The lowest BCUT2D eigenvalue weighted by molar-refractivity contribution is -0.120. The fourth-order valence-corrected chi connectivity index (χ4v) is 3.08. The minimum Gasteiger partial charge on any atom is -0.323 e. The van der Waals surface area contributed by atoms with Crippen molar-refractivity contribution in [2.45, 2.75) is 30.7 Å². The second kappa shape index (κ2) is 6.11. The largest absolute Gasteiger partial charge is 0.323 e. The molecule has 1 aromatic rings. The highest BCUT2D eigenvalue weighted by Crippen LogP contribution is 2.23. The van der Waals surface area contributed by atoms with Crippen molar-refractivity contribution in [3.63, 3.8) is 0 Å². The van der Waals surface area contributed by atoms with Gasteiger partial charge in [-0.15, -0.1) is 0 Å². The molecule has 0 bridgehead atoms. The maximum absolute atomic E-state index is 13.7. The van der Waals surface area contributed by atoms with Crippen LogP contribution in [0.4, 0.5) is 10.1 Å². The van der Waals surface area contributed by atoms with Crippen molar-refractivity contribution in [2.75, 3.05) is 18.1 Å². The quantitative estimate of drug-likeness (QED) is 0.830. The molecule has 116 valence electrons. The molecule has 1 saturated heterocycles. The second-order valence-electron chi connectivity index (χ2n) is 5.48. The molecule has 5 nitrogen and oxygen atoms in total. The minimum atomic E-state index is -3.44. The Labute approximate surface area is 123 Å². The third-order valence-corrected chi connectivity index (χ3v) is 4.73. The number of halogens is 1. The standard InChI is InChI=1S/C14H19FN2O3S/c1-9-7-10(5-6-16-9)14(18)17-13-8-11(21(2,19)20)3-4-12(13)15/h3-4,8-10,16H,5-7H2,1-2H3,(H,17,18). The van der Waals surface area contributed by atoms with Crippen LogP contribution in [0.3, 0.4) is 0 Å². The fraction of sp³-hybridized carbons (Fsp3) is 0.500. The smallest absolute Gasteiger partial charge is 0.227 e. The first-order valence-corrected chi connectivity index (χ1v) is 8.70. The van der Waals surface area contributed by atoms with Crippen molar-refractivity contribution < 1.29 is 17.6 Å². The van der Waals surface area contributed by atoms with Gasteiger partial charge in [0.2, 0.25) is 5.91 Å². The molecule has 2 N–H and O–H groups in total. The zero-order valence-electron chi connectivity index (χ0n) is 12.0. The summed E-state index contributed by atoms with van der Waals surface area (Å²) in [6.45, 7) is 2.73. The van der Waals surface area contributed by atoms with Gasteiger partial charge >= 0.3 is 0 Å². The number of piperidine rings is 1. The molecule has 0 aliphatic carbocycles. The molecule has 2 atom stereocenters. The summed E-state index contributed by atoms with van der Waals surface area (Å²) in [4.78, 5) is 12.2. The molecular weight excluding hydrogens is 295 g/mol. The van der Waals surface area contributed by atoms with E-state index in [1.54, 1.807) is 0 Å². The highest BCUT2D eigenvalue weighted by atomic mass is 32.2. The monoisotopic (exact) mass is 314 g/mol. The molecule has 0 spiro atoms. The Balaban J connectivity index is 2.17. The van der Waals surface area contributed by atoms with Crippen molar-refractivity contribution in [1.82, 2.24) is 5.32 Å². The van der Waals surface area contributed by atoms with Crippen LogP contribution in [0, 0.1) is 11.7 Å². The van der Waals surface area contributed by atoms with Gasteiger partial charge in [-0.05, 0) is 44.5 Å². The number of hydrogen-bond donors (Lipinski definition) is 2. The van der Waals surface area contributed by atoms with Gasteiger partial charge in [0.15, 0.2) is 9.84 Å². The van der Waals surface area contributed by atoms with Crippen molar-refractivity contribution in [3.05, 3.63) is 24.0 Å². The van der Waals surface area contributed by atoms with E-state index in [1.807, 2.05) is 6.92 Å². The Hall–Kier alpha value is -1.47. The van der Waals surface area contributed by atoms with Gasteiger partial charge in [0.25, 0.3) is 0 Å². The third kappa shape index (κ3) is 4.01. The van der Waals surface area contributed by atoms with Crippen LogP contribution < -0.4 is 10.6 Å². The van der Waals surface area contributed by atoms with Crippen LogP contribution in [0.5, 0.6) is 0 Å². The summed E-state index contributed by atoms with van der Waals surface area (Å²) >= 11 is 0. The lowest BCUT2D eigenvalue weighted by Crippen LogP contribution is -2.40. The van der Waals surface area contributed by atoms with E-state index in [1.165, 1.54) is 6.07 Å². The predicted octanol–water partition coefficient (Wildman–Crippen LogP) is 1.56. The molecule has 1 aliphatic rings. The zero-order chi connectivity index (χ0) is 15.6. The first kappa shape index (κ1) is 15.9. The number of anilines is 1. The Morgan fingerprint density at radius 2 is 2.14 bits per heavy atom. The van der Waals surface area contributed by atoms with Gasteiger partial charge < -0.3 is 10.6 Å². The molecule has 1 fully saturated rings. The van der Waals surface area contributed by atoms with Gasteiger partial charge in [-0.2, -0.15) is 0 Å². The molecule has 1 aromatic carbocycles. The highest BCUT2D eigenvalue weighted by molar-refractivity contribution is 7.90. The lowest BCUT2D eigenvalue weighted by atomic mass is 9.92. The fourth-order valence-electron chi connectivity index (χ4n) is 2.44. The van der Waals surface area contributed by atoms with Crippen LogP contribution in [0.2, 0.25) is 0 Å². The van der Waals surface area contributed by atoms with Crippen LogP contribution >= 0.6 is 0 Å². The number of carbonyl (C=O) groups is 1. The topological polar surface area (TPSA) is 75.3 Å². The second-order valence-corrected chi connectivity index (χ2v) is 7.50. The first-order chi connectivity index (χ1) is 9.77. The molecule has 7 heteroatoms. The van der Waals surface area contributed by atoms with Crippen LogP contribution in [-0.2, 0) is 14.6 Å². The molecule has 1 amide bonds. The average Bonchev–Trinajstić information content (AvgIpc) is 2.40. The molecule has 21 heavy (non-hydrogen) atoms. The SMILES string of the molecule is CC1CC(C(=O)Nc2cc(S(C)(=O)=O)ccc2F)CCN1. The van der Waals surface area contributed by atoms with Gasteiger partial charge in [-0.3, -0.25) is 4.79 Å². The van der Waals surface area contributed by atoms with Crippen molar-refractivity contribution in [3.8, 4) is 0 Å². The highest BCUT2D eigenvalue weighted by Gasteiger charge is 2.25. The molecule has 0 saturated carbocycles. The zero-order valence-corrected chi connectivity index (χ0v) is 12.8. The van der Waals surface area contributed by atoms with Crippen molar-refractivity contribution in [2.24, 2.45) is 5.92 Å². The number of rotatable bonds is 3. The Morgan fingerprint density at radius 3 is 2.76 bits per heavy atom. The Morgan fingerprint density at radius 1 is 1.43 bits per heavy atom. The number of carbonyl (C=O) groups excluding carboxylic acids is 1. The maximum atomic E-state index is 13.7. The molecular formula is C14H19FN2O3S. The normalized spacial score (nSPS) is 22.8. The molecule has 1 aliphatic heterocycles. The van der Waals surface area contributed by atoms with Crippen LogP contribution in [0.15, 0.2) is 23.1 Å². The number of hydrogen-bond acceptors (Lipinski definition) is 4. The molecule has 2 unspecified atom stereocenters. The summed E-state index contributed by atoms with van der Waals surface area (Å²) in [5.41, 5.74) is -0.0888. The first-order valence-electron chi connectivity index (χ1n) is 6.81. The summed E-state index contributed by atoms with van der Waals surface area (Å²) in [5, 5.41) is 5.74. The van der Waals surface area contributed by atoms with E-state index in [0.29, 0.717) is 12.8 Å². The van der Waals surface area contributed by atoms with Crippen LogP contribution in [-0.4, -0.2) is 33.2 Å². The van der Waals surface area contributed by atoms with Gasteiger partial charge in [0.1, 0.15) is 5.82 Å². The van der Waals surface area contributed by atoms with Crippen molar-refractivity contribution in [1.29, 1.82) is 0 Å². The van der Waals surface area contributed by atoms with Gasteiger partial charge in [-0.25, -0.2) is 12.8 Å². The summed E-state index contributed by atoms with van der Waals surface area (Å²) in [5.74, 6) is -1.10. The van der Waals surface area contributed by atoms with E-state index in [0.717, 1.165) is 24.9 Å². The average molecular weight is 314 g/mol. The molecule has 2 rings (SSSR count). The predicted molar refractivity (Wildman–Crippen MR) is 78.3 cm³/mol. The maximum Gasteiger partial charge on any atom is 0.227 e. The Bertz CT molecular complexity index is 646. The van der Waals surface area contributed by atoms with E-state index in [4.69, 9.17) is 0 Å². The van der Waals surface area contributed by atoms with E-state index in [9.17, 15) is 17.6 Å². The van der Waals surface area contributed by atoms with E-state index in [2.05, 4.69) is 10.6 Å². The summed E-state index contributed by atoms with van der Waals surface area (Å²) < 4.78 is 36.7. The van der Waals surface area contributed by atoms with Crippen LogP contribution in [0.1, 0.15) is 19.8 Å². The van der Waals surface area contributed by atoms with Gasteiger partial charge in [0, 0.05) is 18.2 Å². The number of sulfone groups is 1. The molecule has 0 radical (unpaired) electrons. The Kier molecular flexibility index (Phi) is 4.63. The van der Waals surface area contributed by atoms with Crippen LogP contribution in [0.25, 0.3) is 0 Å². The van der Waals surface area contributed by atoms with Gasteiger partial charge in [-0.1, -0.05) is 0 Å². The minimum absolute atomic E-state index is 0.0159. The molecule has 1 heterocycles. The molecule has 0 aromatic heterocycles. The summed E-state index contributed by atoms with van der Waals surface area (Å²) in [7, 11) is -3.44. The third-order valence-electron chi connectivity index (χ3n) is 3.62. The van der Waals surface area contributed by atoms with E-state index >= 15 is 0 Å². The van der Waals surface area contributed by atoms with Crippen molar-refractivity contribution >= 4 is 21.4 Å². The summed E-state index contributed by atoms with van der Waals surface area (Å²) in [6, 6.07) is 3.64. The number of amides is 1. The number of nitrogens with one attached hydrogen (secondary N) is 2. The number of benzene rings is 1. The van der Waals surface area contributed by atoms with Gasteiger partial charge in [0.05, 0.1) is 10.6 Å². The lowest BCUT2D eigenvalue weighted by Gasteiger charge is -2.27. The van der Waals surface area contributed by atoms with E-state index < -0.39 is 15.7 Å². The van der Waals surface area contributed by atoms with E-state index in [-0.39, 0.29) is 28.4 Å².